The van der Waals surface area contributed by atoms with Gasteiger partial charge in [0.1, 0.15) is 17.5 Å². The van der Waals surface area contributed by atoms with Gasteiger partial charge < -0.3 is 15.0 Å². The number of aldehydes is 1. The summed E-state index contributed by atoms with van der Waals surface area (Å²) in [7, 11) is 0. The molecule has 0 bridgehead atoms. The van der Waals surface area contributed by atoms with Gasteiger partial charge in [0.15, 0.2) is 6.29 Å². The summed E-state index contributed by atoms with van der Waals surface area (Å²) >= 11 is 0. The van der Waals surface area contributed by atoms with Gasteiger partial charge in [0, 0.05) is 31.0 Å². The van der Waals surface area contributed by atoms with Crippen molar-refractivity contribution in [2.45, 2.75) is 38.8 Å². The first-order valence-corrected chi connectivity index (χ1v) is 9.59. The Bertz CT molecular complexity index is 1010. The highest BCUT2D eigenvalue weighted by Crippen LogP contribution is 2.35. The van der Waals surface area contributed by atoms with Gasteiger partial charge in [0.2, 0.25) is 0 Å². The van der Waals surface area contributed by atoms with E-state index in [1.807, 2.05) is 11.0 Å². The summed E-state index contributed by atoms with van der Waals surface area (Å²) in [5.41, 5.74) is 1.56. The number of carbonyl (C=O) groups is 2. The van der Waals surface area contributed by atoms with Crippen LogP contribution in [0.3, 0.4) is 0 Å². The number of benzene rings is 1. The lowest BCUT2D eigenvalue weighted by molar-refractivity contribution is 0.0509. The molecule has 1 amide bonds. The number of aromatic nitrogens is 1. The van der Waals surface area contributed by atoms with Crippen LogP contribution in [-0.2, 0) is 4.74 Å². The lowest BCUT2D eigenvalue weighted by atomic mass is 10.0. The molecule has 3 rings (SSSR count). The molecule has 1 atom stereocenters. The van der Waals surface area contributed by atoms with Gasteiger partial charge in [-0.25, -0.2) is 9.18 Å². The number of alkyl carbamates (subject to hydrolysis) is 1. The predicted molar refractivity (Wildman–Crippen MR) is 110 cm³/mol. The number of carbonyl (C=O) groups excluding carboxylic acids is 2. The zero-order valence-corrected chi connectivity index (χ0v) is 17.1. The Labute approximate surface area is 174 Å². The molecule has 8 heteroatoms. The number of halogens is 1. The smallest absolute Gasteiger partial charge is 0.407 e. The number of nitrogens with zero attached hydrogens (tertiary/aromatic N) is 3. The van der Waals surface area contributed by atoms with Gasteiger partial charge in [-0.1, -0.05) is 6.07 Å². The van der Waals surface area contributed by atoms with Crippen LogP contribution >= 0.6 is 0 Å². The van der Waals surface area contributed by atoms with E-state index in [0.29, 0.717) is 41.9 Å². The maximum absolute atomic E-state index is 13.8. The number of ether oxygens (including phenoxy) is 1. The number of hydrogen-bond donors (Lipinski definition) is 1. The van der Waals surface area contributed by atoms with Crippen LogP contribution < -0.4 is 10.2 Å². The largest absolute Gasteiger partial charge is 0.444 e. The van der Waals surface area contributed by atoms with Gasteiger partial charge in [-0.05, 0) is 44.9 Å². The molecular formula is C22H23FN4O3. The van der Waals surface area contributed by atoms with Crippen molar-refractivity contribution >= 4 is 18.1 Å². The minimum atomic E-state index is -0.606. The SMILES string of the molecule is CC(C)(C)OC(=O)N[C@H]1CCN(c2c(C=O)cncc2-c2ccc(F)c(C#N)c2)C1. The normalized spacial score (nSPS) is 16.1. The molecule has 0 spiro atoms. The number of hydrogen-bond acceptors (Lipinski definition) is 6. The Kier molecular flexibility index (Phi) is 6.01. The Balaban J connectivity index is 1.89. The predicted octanol–water partition coefficient (Wildman–Crippen LogP) is 3.68. The van der Waals surface area contributed by atoms with Crippen LogP contribution in [0.25, 0.3) is 11.1 Å². The van der Waals surface area contributed by atoms with E-state index in [4.69, 9.17) is 10.00 Å². The average Bonchev–Trinajstić information content (AvgIpc) is 3.14. The highest BCUT2D eigenvalue weighted by atomic mass is 19.1. The second-order valence-corrected chi connectivity index (χ2v) is 8.13. The Hall–Kier alpha value is -3.47. The number of nitrogens with one attached hydrogen (secondary N) is 1. The summed E-state index contributed by atoms with van der Waals surface area (Å²) in [5, 5.41) is 12.0. The van der Waals surface area contributed by atoms with E-state index in [9.17, 15) is 14.0 Å². The molecule has 1 saturated heterocycles. The van der Waals surface area contributed by atoms with Crippen molar-refractivity contribution < 1.29 is 18.7 Å². The van der Waals surface area contributed by atoms with E-state index in [1.165, 1.54) is 18.3 Å². The molecular weight excluding hydrogens is 387 g/mol. The van der Waals surface area contributed by atoms with Gasteiger partial charge >= 0.3 is 6.09 Å². The van der Waals surface area contributed by atoms with Gasteiger partial charge in [0.25, 0.3) is 0 Å². The van der Waals surface area contributed by atoms with Crippen LogP contribution in [0.4, 0.5) is 14.9 Å². The Morgan fingerprint density at radius 3 is 2.83 bits per heavy atom. The van der Waals surface area contributed by atoms with Crippen LogP contribution in [0.15, 0.2) is 30.6 Å². The fraction of sp³-hybridized carbons (Fsp3) is 0.364. The topological polar surface area (TPSA) is 95.3 Å². The average molecular weight is 410 g/mol. The molecule has 30 heavy (non-hydrogen) atoms. The summed E-state index contributed by atoms with van der Waals surface area (Å²) in [5.74, 6) is -0.606. The van der Waals surface area contributed by atoms with E-state index in [2.05, 4.69) is 10.3 Å². The lowest BCUT2D eigenvalue weighted by Gasteiger charge is -2.24. The molecule has 7 nitrogen and oxygen atoms in total. The number of amides is 1. The molecule has 156 valence electrons. The molecule has 1 aliphatic rings. The number of anilines is 1. The van der Waals surface area contributed by atoms with Crippen LogP contribution in [-0.4, -0.2) is 42.1 Å². The minimum Gasteiger partial charge on any atom is -0.444 e. The van der Waals surface area contributed by atoms with Gasteiger partial charge in [-0.3, -0.25) is 9.78 Å². The van der Waals surface area contributed by atoms with Crippen molar-refractivity contribution in [1.82, 2.24) is 10.3 Å². The van der Waals surface area contributed by atoms with E-state index < -0.39 is 17.5 Å². The summed E-state index contributed by atoms with van der Waals surface area (Å²) in [6, 6.07) is 5.90. The van der Waals surface area contributed by atoms with E-state index in [0.717, 1.165) is 6.29 Å². The van der Waals surface area contributed by atoms with Crippen LogP contribution in [0.1, 0.15) is 43.1 Å². The van der Waals surface area contributed by atoms with Crippen molar-refractivity contribution in [2.75, 3.05) is 18.0 Å². The number of nitriles is 1. The van der Waals surface area contributed by atoms with Crippen LogP contribution in [0, 0.1) is 17.1 Å². The summed E-state index contributed by atoms with van der Waals surface area (Å²) < 4.78 is 19.1. The fourth-order valence-electron chi connectivity index (χ4n) is 3.45. The van der Waals surface area contributed by atoms with Crippen molar-refractivity contribution in [1.29, 1.82) is 5.26 Å². The molecule has 1 N–H and O–H groups in total. The quantitative estimate of drug-likeness (QED) is 0.773. The van der Waals surface area contributed by atoms with Crippen molar-refractivity contribution in [3.8, 4) is 17.2 Å². The van der Waals surface area contributed by atoms with Gasteiger partial charge in [-0.2, -0.15) is 5.26 Å². The second-order valence-electron chi connectivity index (χ2n) is 8.13. The monoisotopic (exact) mass is 410 g/mol. The molecule has 2 heterocycles. The summed E-state index contributed by atoms with van der Waals surface area (Å²) in [6.07, 6.45) is 3.96. The van der Waals surface area contributed by atoms with Crippen LogP contribution in [0.2, 0.25) is 0 Å². The van der Waals surface area contributed by atoms with Crippen LogP contribution in [0.5, 0.6) is 0 Å². The van der Waals surface area contributed by atoms with Crippen molar-refractivity contribution in [3.63, 3.8) is 0 Å². The van der Waals surface area contributed by atoms with Gasteiger partial charge in [0.05, 0.1) is 22.9 Å². The zero-order chi connectivity index (χ0) is 21.9. The summed E-state index contributed by atoms with van der Waals surface area (Å²) in [4.78, 5) is 29.9. The molecule has 1 aromatic carbocycles. The minimum absolute atomic E-state index is 0.0825. The van der Waals surface area contributed by atoms with Crippen molar-refractivity contribution in [3.05, 3.63) is 47.5 Å². The van der Waals surface area contributed by atoms with Gasteiger partial charge in [-0.15, -0.1) is 0 Å². The maximum Gasteiger partial charge on any atom is 0.407 e. The first kappa shape index (κ1) is 21.2. The lowest BCUT2D eigenvalue weighted by Crippen LogP contribution is -2.40. The standard InChI is InChI=1S/C22H23FN4O3/c1-22(2,3)30-21(29)26-17-6-7-27(12-17)20-16(13-28)10-25-11-18(20)14-4-5-19(23)15(8-14)9-24/h4-5,8,10-11,13,17H,6-7,12H2,1-3H3,(H,26,29)/t17-/m0/s1. The molecule has 1 fully saturated rings. The second kappa shape index (κ2) is 8.49. The molecule has 2 aromatic rings. The van der Waals surface area contributed by atoms with E-state index in [1.54, 1.807) is 33.0 Å². The third kappa shape index (κ3) is 4.74. The van der Waals surface area contributed by atoms with Crippen molar-refractivity contribution in [2.24, 2.45) is 0 Å². The highest BCUT2D eigenvalue weighted by molar-refractivity contribution is 5.92. The molecule has 1 aromatic heterocycles. The van der Waals surface area contributed by atoms with E-state index in [-0.39, 0.29) is 11.6 Å². The maximum atomic E-state index is 13.8. The number of pyridine rings is 1. The fourth-order valence-corrected chi connectivity index (χ4v) is 3.45. The molecule has 0 radical (unpaired) electrons. The highest BCUT2D eigenvalue weighted by Gasteiger charge is 2.29. The molecule has 0 saturated carbocycles. The number of rotatable bonds is 4. The first-order valence-electron chi connectivity index (χ1n) is 9.59. The van der Waals surface area contributed by atoms with E-state index >= 15 is 0 Å². The summed E-state index contributed by atoms with van der Waals surface area (Å²) in [6.45, 7) is 6.47. The third-order valence-corrected chi connectivity index (χ3v) is 4.70. The third-order valence-electron chi connectivity index (χ3n) is 4.70. The Morgan fingerprint density at radius 1 is 1.40 bits per heavy atom. The first-order chi connectivity index (χ1) is 14.2. The molecule has 0 unspecified atom stereocenters. The Morgan fingerprint density at radius 2 is 2.17 bits per heavy atom. The molecule has 0 aliphatic carbocycles. The molecule has 1 aliphatic heterocycles. The zero-order valence-electron chi connectivity index (χ0n) is 17.1.